The zero-order valence-corrected chi connectivity index (χ0v) is 30.4. The molecule has 8 bridgehead atoms. The Bertz CT molecular complexity index is 2600. The Balaban J connectivity index is 1.36. The lowest BCUT2D eigenvalue weighted by atomic mass is 9.97. The summed E-state index contributed by atoms with van der Waals surface area (Å²) in [5, 5.41) is 8.43. The number of benzene rings is 4. The van der Waals surface area contributed by atoms with E-state index < -0.39 is 0 Å². The van der Waals surface area contributed by atoms with Gasteiger partial charge in [-0.3, -0.25) is 4.99 Å². The van der Waals surface area contributed by atoms with Crippen molar-refractivity contribution in [2.75, 3.05) is 0 Å². The van der Waals surface area contributed by atoms with Crippen LogP contribution in [0.1, 0.15) is 22.3 Å². The van der Waals surface area contributed by atoms with Crippen LogP contribution in [0.2, 0.25) is 20.1 Å². The minimum absolute atomic E-state index is 0.168. The first-order chi connectivity index (χ1) is 25.4. The molecule has 2 unspecified atom stereocenters. The molecule has 252 valence electrons. The van der Waals surface area contributed by atoms with E-state index in [9.17, 15) is 0 Å². The third-order valence-corrected chi connectivity index (χ3v) is 10.6. The molecule has 0 aliphatic carbocycles. The van der Waals surface area contributed by atoms with E-state index in [4.69, 9.17) is 56.4 Å². The number of aromatic nitrogens is 1. The Morgan fingerprint density at radius 1 is 0.462 bits per heavy atom. The molecule has 4 aromatic carbocycles. The zero-order valence-electron chi connectivity index (χ0n) is 27.4. The summed E-state index contributed by atoms with van der Waals surface area (Å²) in [5.41, 5.74) is 11.5. The van der Waals surface area contributed by atoms with Crippen molar-refractivity contribution in [1.82, 2.24) is 10.3 Å². The first-order valence-corrected chi connectivity index (χ1v) is 18.3. The maximum atomic E-state index is 6.38. The second kappa shape index (κ2) is 13.5. The number of fused-ring (bicyclic) bond motifs is 6. The molecule has 0 radical (unpaired) electrons. The van der Waals surface area contributed by atoms with Gasteiger partial charge in [-0.25, -0.2) is 4.99 Å². The highest BCUT2D eigenvalue weighted by molar-refractivity contribution is 6.34. The lowest BCUT2D eigenvalue weighted by molar-refractivity contribution is 0.857. The van der Waals surface area contributed by atoms with Gasteiger partial charge in [0.05, 0.1) is 29.2 Å². The Morgan fingerprint density at radius 2 is 1.00 bits per heavy atom. The molecule has 5 aromatic rings. The van der Waals surface area contributed by atoms with E-state index in [0.717, 1.165) is 78.1 Å². The van der Waals surface area contributed by atoms with Gasteiger partial charge in [0.15, 0.2) is 0 Å². The fourth-order valence-electron chi connectivity index (χ4n) is 7.20. The molecule has 4 aliphatic rings. The predicted octanol–water partition coefficient (Wildman–Crippen LogP) is 9.78. The van der Waals surface area contributed by atoms with E-state index >= 15 is 0 Å². The SMILES string of the molecule is Clc1ccc(C2=C3C=CC(N3)/C(c3ccc(Cl)cc3)=c3/cc/c([nH]3)=C(\c3ccc(Cl)cc3)C3=N/C(=C(/c4ccc(Cl)cc4)C4C=CC2=N4)C=C3)cc1. The average Bonchev–Trinajstić information content (AvgIpc) is 3.99. The van der Waals surface area contributed by atoms with Crippen LogP contribution in [0.25, 0.3) is 22.3 Å². The molecular weight excluding hydrogens is 726 g/mol. The third kappa shape index (κ3) is 6.12. The van der Waals surface area contributed by atoms with Crippen LogP contribution in [0, 0.1) is 0 Å². The van der Waals surface area contributed by atoms with Gasteiger partial charge in [0, 0.05) is 58.8 Å². The number of aliphatic imine (C=N–C) groups is 2. The fourth-order valence-corrected chi connectivity index (χ4v) is 7.71. The monoisotopic (exact) mass is 752 g/mol. The van der Waals surface area contributed by atoms with E-state index in [1.807, 2.05) is 84.9 Å². The van der Waals surface area contributed by atoms with Gasteiger partial charge in [0.1, 0.15) is 0 Å². The number of nitrogens with one attached hydrogen (secondary N) is 2. The molecule has 8 heteroatoms. The summed E-state index contributed by atoms with van der Waals surface area (Å²) in [7, 11) is 0. The molecule has 1 aromatic heterocycles. The van der Waals surface area contributed by atoms with Crippen molar-refractivity contribution in [1.29, 1.82) is 0 Å². The molecule has 52 heavy (non-hydrogen) atoms. The summed E-state index contributed by atoms with van der Waals surface area (Å²) < 4.78 is 0. The van der Waals surface area contributed by atoms with Gasteiger partial charge in [-0.05, 0) is 107 Å². The maximum absolute atomic E-state index is 6.38. The van der Waals surface area contributed by atoms with Gasteiger partial charge in [-0.1, -0.05) is 107 Å². The van der Waals surface area contributed by atoms with Gasteiger partial charge in [0.2, 0.25) is 0 Å². The molecule has 9 rings (SSSR count). The molecule has 2 atom stereocenters. The number of rotatable bonds is 4. The van der Waals surface area contributed by atoms with Crippen LogP contribution in [-0.2, 0) is 0 Å². The van der Waals surface area contributed by atoms with Crippen LogP contribution in [0.5, 0.6) is 0 Å². The average molecular weight is 755 g/mol. The first kappa shape index (κ1) is 32.8. The number of hydrogen-bond donors (Lipinski definition) is 2. The molecular formula is C44H28Cl4N4. The lowest BCUT2D eigenvalue weighted by Gasteiger charge is -2.19. The first-order valence-electron chi connectivity index (χ1n) is 16.8. The Hall–Kier alpha value is -5.10. The number of halogens is 4. The van der Waals surface area contributed by atoms with E-state index in [1.54, 1.807) is 0 Å². The number of allylic oxidation sites excluding steroid dienone is 5. The largest absolute Gasteiger partial charge is 0.374 e. The lowest BCUT2D eigenvalue weighted by Crippen LogP contribution is -2.30. The molecule has 4 nitrogen and oxygen atoms in total. The van der Waals surface area contributed by atoms with Crippen molar-refractivity contribution >= 4 is 80.1 Å². The number of aromatic amines is 1. The predicted molar refractivity (Wildman–Crippen MR) is 218 cm³/mol. The summed E-state index contributed by atoms with van der Waals surface area (Å²) in [6.45, 7) is 0. The molecule has 0 saturated heterocycles. The van der Waals surface area contributed by atoms with E-state index in [1.165, 1.54) is 0 Å². The topological polar surface area (TPSA) is 52.5 Å². The number of H-pyrrole nitrogens is 1. The van der Waals surface area contributed by atoms with E-state index in [0.29, 0.717) is 20.1 Å². The maximum Gasteiger partial charge on any atom is 0.0968 e. The highest BCUT2D eigenvalue weighted by atomic mass is 35.5. The highest BCUT2D eigenvalue weighted by Gasteiger charge is 2.29. The van der Waals surface area contributed by atoms with Crippen LogP contribution >= 0.6 is 46.4 Å². The van der Waals surface area contributed by atoms with Gasteiger partial charge < -0.3 is 10.3 Å². The van der Waals surface area contributed by atoms with Crippen molar-refractivity contribution in [3.05, 3.63) is 210 Å². The van der Waals surface area contributed by atoms with Crippen molar-refractivity contribution in [2.45, 2.75) is 12.1 Å². The molecule has 5 heterocycles. The van der Waals surface area contributed by atoms with Gasteiger partial charge in [0.25, 0.3) is 0 Å². The summed E-state index contributed by atoms with van der Waals surface area (Å²) in [6, 6.07) is 35.4. The van der Waals surface area contributed by atoms with Crippen molar-refractivity contribution in [3.63, 3.8) is 0 Å². The van der Waals surface area contributed by atoms with Crippen molar-refractivity contribution < 1.29 is 0 Å². The smallest absolute Gasteiger partial charge is 0.0968 e. The van der Waals surface area contributed by atoms with Crippen LogP contribution in [0.15, 0.2) is 167 Å². The van der Waals surface area contributed by atoms with Crippen LogP contribution in [-0.4, -0.2) is 28.5 Å². The second-order valence-corrected chi connectivity index (χ2v) is 14.6. The van der Waals surface area contributed by atoms with Gasteiger partial charge >= 0.3 is 0 Å². The highest BCUT2D eigenvalue weighted by Crippen LogP contribution is 2.36. The summed E-state index contributed by atoms with van der Waals surface area (Å²) in [6.07, 6.45) is 12.8. The Labute approximate surface area is 320 Å². The molecule has 2 N–H and O–H groups in total. The van der Waals surface area contributed by atoms with Gasteiger partial charge in [-0.15, -0.1) is 0 Å². The Morgan fingerprint density at radius 3 is 1.62 bits per heavy atom. The molecule has 0 fully saturated rings. The van der Waals surface area contributed by atoms with Gasteiger partial charge in [-0.2, -0.15) is 0 Å². The number of nitrogens with zero attached hydrogens (tertiary/aromatic N) is 2. The van der Waals surface area contributed by atoms with Crippen molar-refractivity contribution in [3.8, 4) is 0 Å². The minimum atomic E-state index is -0.303. The molecule has 0 amide bonds. The summed E-state index contributed by atoms with van der Waals surface area (Å²) in [5.74, 6) is 0. The second-order valence-electron chi connectivity index (χ2n) is 12.8. The molecule has 0 saturated carbocycles. The molecule has 4 aliphatic heterocycles. The van der Waals surface area contributed by atoms with E-state index in [2.05, 4.69) is 71.0 Å². The standard InChI is InChI=1S/C44H28Cl4N4/c45-29-9-1-25(2-10-29)41-33-17-19-35(49-33)42(26-3-11-30(46)12-4-26)37-21-23-39(51-37)44(28-7-15-32(48)16-8-28)40-24-22-38(52-40)43(36-20-18-34(41)50-36)27-5-13-31(47)14-6-27/h1-24,33,39,49-50H/b41-34-,42-35?,43-36-,44-40-. The van der Waals surface area contributed by atoms with Crippen LogP contribution in [0.3, 0.4) is 0 Å². The van der Waals surface area contributed by atoms with Crippen molar-refractivity contribution in [2.24, 2.45) is 9.98 Å². The number of hydrogen-bond acceptors (Lipinski definition) is 3. The fraction of sp³-hybridized carbons (Fsp3) is 0.0455. The third-order valence-electron chi connectivity index (χ3n) is 9.61. The molecule has 0 spiro atoms. The van der Waals surface area contributed by atoms with E-state index in [-0.39, 0.29) is 12.1 Å². The quantitative estimate of drug-likeness (QED) is 0.189. The summed E-state index contributed by atoms with van der Waals surface area (Å²) in [4.78, 5) is 14.5. The zero-order chi connectivity index (χ0) is 35.3. The summed E-state index contributed by atoms with van der Waals surface area (Å²) >= 11 is 25.5. The Kier molecular flexibility index (Phi) is 8.49. The normalized spacial score (nSPS) is 22.5. The van der Waals surface area contributed by atoms with Crippen LogP contribution in [0.4, 0.5) is 0 Å². The van der Waals surface area contributed by atoms with Crippen LogP contribution < -0.4 is 16.0 Å². The minimum Gasteiger partial charge on any atom is -0.374 e.